The van der Waals surface area contributed by atoms with Crippen LogP contribution in [0, 0.1) is 0 Å². The molecule has 0 amide bonds. The summed E-state index contributed by atoms with van der Waals surface area (Å²) in [5.41, 5.74) is 2.44. The Bertz CT molecular complexity index is 294. The van der Waals surface area contributed by atoms with Crippen LogP contribution in [0.15, 0.2) is 17.4 Å². The second kappa shape index (κ2) is 5.14. The molecule has 0 spiro atoms. The van der Waals surface area contributed by atoms with E-state index in [0.29, 0.717) is 5.82 Å². The summed E-state index contributed by atoms with van der Waals surface area (Å²) in [6.07, 6.45) is 1.07. The SMILES string of the molecule is CC(O)C(C)Sc1cc(NN)ncn1. The third-order valence-electron chi connectivity index (χ3n) is 1.78. The first-order valence-corrected chi connectivity index (χ1v) is 5.15. The molecule has 1 rings (SSSR count). The highest BCUT2D eigenvalue weighted by Crippen LogP contribution is 2.23. The van der Waals surface area contributed by atoms with Crippen LogP contribution in [-0.2, 0) is 0 Å². The van der Waals surface area contributed by atoms with E-state index in [2.05, 4.69) is 15.4 Å². The maximum Gasteiger partial charge on any atom is 0.144 e. The standard InChI is InChI=1S/C8H14N4OS/c1-5(13)6(2)14-8-3-7(12-9)10-4-11-8/h3-6,13H,9H2,1-2H3,(H,10,11,12). The number of aliphatic hydroxyl groups is 1. The van der Waals surface area contributed by atoms with E-state index in [4.69, 9.17) is 5.84 Å². The molecule has 1 aromatic rings. The van der Waals surface area contributed by atoms with Crippen molar-refractivity contribution in [2.45, 2.75) is 30.2 Å². The fourth-order valence-electron chi connectivity index (χ4n) is 0.772. The second-order valence-corrected chi connectivity index (χ2v) is 4.35. The minimum Gasteiger partial charge on any atom is -0.392 e. The van der Waals surface area contributed by atoms with Gasteiger partial charge in [-0.05, 0) is 6.92 Å². The molecule has 0 aromatic carbocycles. The minimum absolute atomic E-state index is 0.0931. The number of aliphatic hydroxyl groups excluding tert-OH is 1. The first kappa shape index (κ1) is 11.2. The van der Waals surface area contributed by atoms with Crippen molar-refractivity contribution >= 4 is 17.6 Å². The average Bonchev–Trinajstić information content (AvgIpc) is 2.18. The summed E-state index contributed by atoms with van der Waals surface area (Å²) in [6.45, 7) is 3.69. The van der Waals surface area contributed by atoms with Crippen molar-refractivity contribution in [1.29, 1.82) is 0 Å². The van der Waals surface area contributed by atoms with E-state index in [0.717, 1.165) is 5.03 Å². The summed E-state index contributed by atoms with van der Waals surface area (Å²) in [7, 11) is 0. The second-order valence-electron chi connectivity index (χ2n) is 2.95. The highest BCUT2D eigenvalue weighted by atomic mass is 32.2. The number of nitrogens with one attached hydrogen (secondary N) is 1. The number of hydrazine groups is 1. The number of aromatic nitrogens is 2. The van der Waals surface area contributed by atoms with E-state index >= 15 is 0 Å². The van der Waals surface area contributed by atoms with E-state index < -0.39 is 0 Å². The third-order valence-corrected chi connectivity index (χ3v) is 3.01. The lowest BCUT2D eigenvalue weighted by Crippen LogP contribution is -2.15. The molecular formula is C8H14N4OS. The van der Waals surface area contributed by atoms with Gasteiger partial charge in [-0.25, -0.2) is 15.8 Å². The van der Waals surface area contributed by atoms with Crippen molar-refractivity contribution in [3.8, 4) is 0 Å². The van der Waals surface area contributed by atoms with E-state index in [9.17, 15) is 5.11 Å². The molecular weight excluding hydrogens is 200 g/mol. The Hall–Kier alpha value is -0.850. The lowest BCUT2D eigenvalue weighted by Gasteiger charge is -2.13. The highest BCUT2D eigenvalue weighted by Gasteiger charge is 2.11. The van der Waals surface area contributed by atoms with Gasteiger partial charge in [-0.15, -0.1) is 11.8 Å². The molecule has 1 heterocycles. The number of rotatable bonds is 4. The van der Waals surface area contributed by atoms with Crippen LogP contribution in [0.2, 0.25) is 0 Å². The van der Waals surface area contributed by atoms with E-state index in [1.54, 1.807) is 13.0 Å². The number of hydrogen-bond donors (Lipinski definition) is 3. The molecule has 0 saturated carbocycles. The molecule has 0 fully saturated rings. The van der Waals surface area contributed by atoms with Crippen LogP contribution >= 0.6 is 11.8 Å². The van der Waals surface area contributed by atoms with Gasteiger partial charge >= 0.3 is 0 Å². The monoisotopic (exact) mass is 214 g/mol. The first-order valence-electron chi connectivity index (χ1n) is 4.27. The molecule has 0 bridgehead atoms. The summed E-state index contributed by atoms with van der Waals surface area (Å²) < 4.78 is 0. The summed E-state index contributed by atoms with van der Waals surface area (Å²) in [5.74, 6) is 5.78. The number of anilines is 1. The highest BCUT2D eigenvalue weighted by molar-refractivity contribution is 7.99. The van der Waals surface area contributed by atoms with Crippen molar-refractivity contribution in [2.75, 3.05) is 5.43 Å². The summed E-state index contributed by atoms with van der Waals surface area (Å²) in [6, 6.07) is 1.74. The summed E-state index contributed by atoms with van der Waals surface area (Å²) in [4.78, 5) is 7.94. The molecule has 0 aliphatic heterocycles. The Balaban J connectivity index is 2.66. The van der Waals surface area contributed by atoms with Crippen molar-refractivity contribution in [3.63, 3.8) is 0 Å². The molecule has 0 aliphatic carbocycles. The minimum atomic E-state index is -0.371. The Morgan fingerprint density at radius 1 is 1.50 bits per heavy atom. The van der Waals surface area contributed by atoms with Crippen molar-refractivity contribution in [3.05, 3.63) is 12.4 Å². The molecule has 2 atom stereocenters. The zero-order chi connectivity index (χ0) is 10.6. The molecule has 6 heteroatoms. The van der Waals surface area contributed by atoms with Crippen molar-refractivity contribution < 1.29 is 5.11 Å². The fraction of sp³-hybridized carbons (Fsp3) is 0.500. The Morgan fingerprint density at radius 2 is 2.21 bits per heavy atom. The van der Waals surface area contributed by atoms with Crippen LogP contribution in [0.5, 0.6) is 0 Å². The fourth-order valence-corrected chi connectivity index (χ4v) is 1.64. The molecule has 1 aromatic heterocycles. The van der Waals surface area contributed by atoms with E-state index in [1.165, 1.54) is 18.1 Å². The molecule has 0 aliphatic rings. The topological polar surface area (TPSA) is 84.1 Å². The molecule has 0 saturated heterocycles. The third kappa shape index (κ3) is 3.13. The molecule has 2 unspecified atom stereocenters. The van der Waals surface area contributed by atoms with Gasteiger partial charge in [0.15, 0.2) is 0 Å². The number of nitrogens with zero attached hydrogens (tertiary/aromatic N) is 2. The van der Waals surface area contributed by atoms with E-state index in [-0.39, 0.29) is 11.4 Å². The molecule has 78 valence electrons. The molecule has 4 N–H and O–H groups in total. The predicted octanol–water partition coefficient (Wildman–Crippen LogP) is 0.624. The molecule has 14 heavy (non-hydrogen) atoms. The van der Waals surface area contributed by atoms with Gasteiger partial charge in [-0.1, -0.05) is 6.92 Å². The molecule has 5 nitrogen and oxygen atoms in total. The quantitative estimate of drug-likeness (QED) is 0.295. The normalized spacial score (nSPS) is 14.9. The van der Waals surface area contributed by atoms with Gasteiger partial charge in [0.05, 0.1) is 6.10 Å². The van der Waals surface area contributed by atoms with Gasteiger partial charge in [0.2, 0.25) is 0 Å². The molecule has 0 radical (unpaired) electrons. The van der Waals surface area contributed by atoms with Crippen molar-refractivity contribution in [2.24, 2.45) is 5.84 Å². The number of nitrogen functional groups attached to an aromatic ring is 1. The van der Waals surface area contributed by atoms with Crippen LogP contribution in [0.4, 0.5) is 5.82 Å². The zero-order valence-electron chi connectivity index (χ0n) is 8.14. The maximum absolute atomic E-state index is 9.30. The Labute approximate surface area is 87.1 Å². The predicted molar refractivity (Wildman–Crippen MR) is 56.8 cm³/mol. The average molecular weight is 214 g/mol. The van der Waals surface area contributed by atoms with Gasteiger partial charge in [-0.3, -0.25) is 0 Å². The Morgan fingerprint density at radius 3 is 2.79 bits per heavy atom. The van der Waals surface area contributed by atoms with E-state index in [1.807, 2.05) is 6.92 Å². The summed E-state index contributed by atoms with van der Waals surface area (Å²) >= 11 is 1.48. The lowest BCUT2D eigenvalue weighted by molar-refractivity contribution is 0.196. The van der Waals surface area contributed by atoms with Gasteiger partial charge in [0.25, 0.3) is 0 Å². The Kier molecular flexibility index (Phi) is 4.12. The van der Waals surface area contributed by atoms with Gasteiger partial charge < -0.3 is 10.5 Å². The van der Waals surface area contributed by atoms with Crippen molar-refractivity contribution in [1.82, 2.24) is 9.97 Å². The van der Waals surface area contributed by atoms with Crippen LogP contribution < -0.4 is 11.3 Å². The van der Waals surface area contributed by atoms with Crippen LogP contribution in [0.25, 0.3) is 0 Å². The summed E-state index contributed by atoms with van der Waals surface area (Å²) in [5, 5.41) is 10.2. The zero-order valence-corrected chi connectivity index (χ0v) is 8.95. The van der Waals surface area contributed by atoms with Crippen LogP contribution in [0.3, 0.4) is 0 Å². The maximum atomic E-state index is 9.30. The van der Waals surface area contributed by atoms with Crippen LogP contribution in [-0.4, -0.2) is 26.4 Å². The van der Waals surface area contributed by atoms with Gasteiger partial charge in [0.1, 0.15) is 17.2 Å². The van der Waals surface area contributed by atoms with Crippen LogP contribution in [0.1, 0.15) is 13.8 Å². The number of hydrogen-bond acceptors (Lipinski definition) is 6. The smallest absolute Gasteiger partial charge is 0.144 e. The first-order chi connectivity index (χ1) is 6.63. The van der Waals surface area contributed by atoms with Gasteiger partial charge in [0, 0.05) is 11.3 Å². The van der Waals surface area contributed by atoms with Gasteiger partial charge in [-0.2, -0.15) is 0 Å². The lowest BCUT2D eigenvalue weighted by atomic mass is 10.3. The largest absolute Gasteiger partial charge is 0.392 e. The number of nitrogens with two attached hydrogens (primary N) is 1. The number of thioether (sulfide) groups is 1.